The number of allylic oxidation sites excluding steroid dienone is 3. The third-order valence-electron chi connectivity index (χ3n) is 5.00. The maximum atomic E-state index is 11.8. The zero-order chi connectivity index (χ0) is 22.2. The van der Waals surface area contributed by atoms with Gasteiger partial charge in [-0.1, -0.05) is 42.5 Å². The van der Waals surface area contributed by atoms with Crippen LogP contribution in [0.1, 0.15) is 25.0 Å². The topological polar surface area (TPSA) is 96.7 Å². The lowest BCUT2D eigenvalue weighted by Crippen LogP contribution is -2.41. The molecule has 1 atom stereocenters. The Hall–Kier alpha value is -3.52. The molecule has 2 N–H and O–H groups in total. The molecule has 0 saturated carbocycles. The number of anilines is 1. The fourth-order valence-electron chi connectivity index (χ4n) is 3.23. The molecule has 0 fully saturated rings. The largest absolute Gasteiger partial charge is 0.445 e. The molecule has 170 valence electrons. The number of alkyl carbamates (subject to hydrolysis) is 1. The monoisotopic (exact) mass is 458 g/mol. The average molecular weight is 459 g/mol. The number of hydrazine groups is 1. The van der Waals surface area contributed by atoms with Crippen molar-refractivity contribution in [1.29, 1.82) is 0 Å². The highest BCUT2D eigenvalue weighted by atomic mass is 35.5. The molecule has 8 nitrogen and oxygen atoms in total. The van der Waals surface area contributed by atoms with E-state index < -0.39 is 12.1 Å². The van der Waals surface area contributed by atoms with Gasteiger partial charge in [0.15, 0.2) is 0 Å². The normalized spacial score (nSPS) is 15.1. The van der Waals surface area contributed by atoms with Gasteiger partial charge in [0.25, 0.3) is 5.70 Å². The Labute approximate surface area is 193 Å². The minimum atomic E-state index is -0.446. The molecule has 2 aromatic rings. The van der Waals surface area contributed by atoms with Crippen LogP contribution in [0.2, 0.25) is 0 Å². The van der Waals surface area contributed by atoms with Gasteiger partial charge < -0.3 is 10.1 Å². The Morgan fingerprint density at radius 1 is 1.09 bits per heavy atom. The third-order valence-corrected chi connectivity index (χ3v) is 5.00. The molecule has 1 aliphatic heterocycles. The molecular formula is C23H27ClN4O4. The van der Waals surface area contributed by atoms with E-state index in [1.807, 2.05) is 61.5 Å². The van der Waals surface area contributed by atoms with Crippen LogP contribution in [-0.4, -0.2) is 28.6 Å². The second-order valence-electron chi connectivity index (χ2n) is 7.25. The fourth-order valence-corrected chi connectivity index (χ4v) is 3.23. The molecule has 0 saturated heterocycles. The van der Waals surface area contributed by atoms with Crippen molar-refractivity contribution in [1.82, 2.24) is 10.3 Å². The van der Waals surface area contributed by atoms with Crippen LogP contribution < -0.4 is 10.7 Å². The van der Waals surface area contributed by atoms with E-state index >= 15 is 0 Å². The number of benzene rings is 2. The number of nitrogens with zero attached hydrogens (tertiary/aromatic N) is 2. The van der Waals surface area contributed by atoms with Crippen molar-refractivity contribution in [2.75, 3.05) is 12.0 Å². The number of hydrogen-bond donors (Lipinski definition) is 2. The minimum absolute atomic E-state index is 0. The second kappa shape index (κ2) is 11.8. The molecule has 0 radical (unpaired) electrons. The Bertz CT molecular complexity index is 977. The van der Waals surface area contributed by atoms with Gasteiger partial charge in [-0.3, -0.25) is 20.5 Å². The van der Waals surface area contributed by atoms with E-state index in [2.05, 4.69) is 10.7 Å². The molecule has 0 aromatic heterocycles. The van der Waals surface area contributed by atoms with Gasteiger partial charge in [-0.25, -0.2) is 4.79 Å². The molecule has 0 bridgehead atoms. The average Bonchev–Trinajstić information content (AvgIpc) is 2.76. The van der Waals surface area contributed by atoms with E-state index in [-0.39, 0.29) is 29.6 Å². The first-order chi connectivity index (χ1) is 14.9. The number of halogens is 1. The molecule has 1 heterocycles. The van der Waals surface area contributed by atoms with Crippen molar-refractivity contribution in [3.8, 4) is 0 Å². The van der Waals surface area contributed by atoms with Gasteiger partial charge >= 0.3 is 6.09 Å². The van der Waals surface area contributed by atoms with E-state index in [4.69, 9.17) is 4.74 Å². The summed E-state index contributed by atoms with van der Waals surface area (Å²) in [5.74, 6) is 0. The summed E-state index contributed by atoms with van der Waals surface area (Å²) in [6.45, 7) is 4.38. The number of carbonyl (C=O) groups is 1. The van der Waals surface area contributed by atoms with Crippen molar-refractivity contribution >= 4 is 24.2 Å². The lowest BCUT2D eigenvalue weighted by atomic mass is 10.1. The van der Waals surface area contributed by atoms with Crippen LogP contribution in [0.15, 0.2) is 78.1 Å². The van der Waals surface area contributed by atoms with E-state index in [0.717, 1.165) is 22.5 Å². The smallest absolute Gasteiger partial charge is 0.407 e. The van der Waals surface area contributed by atoms with Gasteiger partial charge in [-0.15, -0.1) is 12.4 Å². The van der Waals surface area contributed by atoms with Crippen molar-refractivity contribution in [3.05, 3.63) is 99.4 Å². The minimum Gasteiger partial charge on any atom is -0.445 e. The number of nitrogens with one attached hydrogen (secondary N) is 2. The molecule has 3 rings (SSSR count). The van der Waals surface area contributed by atoms with Crippen molar-refractivity contribution in [3.63, 3.8) is 0 Å². The van der Waals surface area contributed by atoms with Crippen LogP contribution in [0, 0.1) is 10.1 Å². The molecule has 2 aromatic carbocycles. The predicted octanol–water partition coefficient (Wildman–Crippen LogP) is 4.67. The van der Waals surface area contributed by atoms with Crippen LogP contribution in [-0.2, 0) is 17.8 Å². The van der Waals surface area contributed by atoms with Crippen molar-refractivity contribution < 1.29 is 14.5 Å². The van der Waals surface area contributed by atoms with Crippen LogP contribution in [0.25, 0.3) is 0 Å². The maximum Gasteiger partial charge on any atom is 0.407 e. The molecule has 1 aliphatic rings. The summed E-state index contributed by atoms with van der Waals surface area (Å²) in [4.78, 5) is 22.6. The lowest BCUT2D eigenvalue weighted by Gasteiger charge is -2.33. The fraction of sp³-hybridized carbons (Fsp3) is 0.261. The number of rotatable bonds is 8. The summed E-state index contributed by atoms with van der Waals surface area (Å²) in [5.41, 5.74) is 7.07. The highest BCUT2D eigenvalue weighted by Gasteiger charge is 2.29. The van der Waals surface area contributed by atoms with Crippen LogP contribution in [0.3, 0.4) is 0 Å². The number of hydrogen-bond acceptors (Lipinski definition) is 6. The van der Waals surface area contributed by atoms with Gasteiger partial charge in [0, 0.05) is 18.3 Å². The summed E-state index contributed by atoms with van der Waals surface area (Å²) in [7, 11) is 0. The first-order valence-corrected chi connectivity index (χ1v) is 10.1. The Morgan fingerprint density at radius 3 is 2.44 bits per heavy atom. The molecular weight excluding hydrogens is 432 g/mol. The van der Waals surface area contributed by atoms with E-state index in [1.165, 1.54) is 0 Å². The summed E-state index contributed by atoms with van der Waals surface area (Å²) < 4.78 is 5.19. The molecule has 1 amide bonds. The summed E-state index contributed by atoms with van der Waals surface area (Å²) in [6, 6.07) is 16.8. The summed E-state index contributed by atoms with van der Waals surface area (Å²) in [5, 5.41) is 15.7. The van der Waals surface area contributed by atoms with Crippen LogP contribution >= 0.6 is 12.4 Å². The van der Waals surface area contributed by atoms with Gasteiger partial charge in [0.05, 0.1) is 10.6 Å². The molecule has 0 spiro atoms. The lowest BCUT2D eigenvalue weighted by molar-refractivity contribution is -0.432. The van der Waals surface area contributed by atoms with E-state index in [1.54, 1.807) is 24.1 Å². The Balaban J connectivity index is 0.00000363. The van der Waals surface area contributed by atoms with E-state index in [9.17, 15) is 14.9 Å². The molecule has 9 heteroatoms. The zero-order valence-electron chi connectivity index (χ0n) is 18.0. The highest BCUT2D eigenvalue weighted by Crippen LogP contribution is 2.23. The predicted molar refractivity (Wildman–Crippen MR) is 126 cm³/mol. The molecule has 32 heavy (non-hydrogen) atoms. The number of carbonyl (C=O) groups excluding carboxylic acids is 1. The van der Waals surface area contributed by atoms with Gasteiger partial charge in [0.1, 0.15) is 12.6 Å². The maximum absolute atomic E-state index is 11.8. The zero-order valence-corrected chi connectivity index (χ0v) is 18.8. The van der Waals surface area contributed by atoms with Crippen molar-refractivity contribution in [2.45, 2.75) is 32.9 Å². The van der Waals surface area contributed by atoms with Crippen molar-refractivity contribution in [2.24, 2.45) is 0 Å². The SMILES string of the molecule is CC1=CC=C([N+](=O)[O-])C(C)N1Nc1ccc(CCNC(=O)OCc2ccccc2)cc1.Cl. The standard InChI is InChI=1S/C23H26N4O4.ClH/c1-17-8-13-22(27(29)30)18(2)26(17)25-21-11-9-19(10-12-21)14-15-24-23(28)31-16-20-6-4-3-5-7-20;/h3-13,18,25H,14-16H2,1-2H3,(H,24,28);1H. The van der Waals surface area contributed by atoms with Gasteiger partial charge in [0.2, 0.25) is 0 Å². The van der Waals surface area contributed by atoms with E-state index in [0.29, 0.717) is 13.0 Å². The number of ether oxygens (including phenoxy) is 1. The van der Waals surface area contributed by atoms with Crippen LogP contribution in [0.4, 0.5) is 10.5 Å². The molecule has 0 aliphatic carbocycles. The Morgan fingerprint density at radius 2 is 1.78 bits per heavy atom. The third kappa shape index (κ3) is 6.75. The van der Waals surface area contributed by atoms with Gasteiger partial charge in [-0.05, 0) is 49.6 Å². The first kappa shape index (κ1) is 24.7. The quantitative estimate of drug-likeness (QED) is 0.440. The second-order valence-corrected chi connectivity index (χ2v) is 7.25. The summed E-state index contributed by atoms with van der Waals surface area (Å²) >= 11 is 0. The first-order valence-electron chi connectivity index (χ1n) is 10.1. The number of nitro groups is 1. The highest BCUT2D eigenvalue weighted by molar-refractivity contribution is 5.85. The van der Waals surface area contributed by atoms with Crippen LogP contribution in [0.5, 0.6) is 0 Å². The summed E-state index contributed by atoms with van der Waals surface area (Å²) in [6.07, 6.45) is 3.48. The molecule has 1 unspecified atom stereocenters. The Kier molecular flexibility index (Phi) is 9.09. The number of amides is 1. The van der Waals surface area contributed by atoms with Gasteiger partial charge in [-0.2, -0.15) is 0 Å².